The van der Waals surface area contributed by atoms with Crippen LogP contribution in [0.15, 0.2) is 30.3 Å². The number of carbonyl (C=O) groups excluding carboxylic acids is 1. The molecule has 1 amide bonds. The largest absolute Gasteiger partial charge is 0.319 e. The average Bonchev–Trinajstić information content (AvgIpc) is 2.41. The summed E-state index contributed by atoms with van der Waals surface area (Å²) in [5.41, 5.74) is -1.21. The zero-order chi connectivity index (χ0) is 16.4. The van der Waals surface area contributed by atoms with Crippen LogP contribution in [0.1, 0.15) is 10.4 Å². The lowest BCUT2D eigenvalue weighted by Crippen LogP contribution is -2.15. The Morgan fingerprint density at radius 3 is 2.45 bits per heavy atom. The summed E-state index contributed by atoms with van der Waals surface area (Å²) in [5.74, 6) is -2.78. The van der Waals surface area contributed by atoms with Gasteiger partial charge >= 0.3 is 0 Å². The fourth-order valence-electron chi connectivity index (χ4n) is 1.67. The fourth-order valence-corrected chi connectivity index (χ4v) is 2.28. The van der Waals surface area contributed by atoms with E-state index in [1.807, 2.05) is 0 Å². The van der Waals surface area contributed by atoms with Crippen LogP contribution in [0.3, 0.4) is 0 Å². The minimum absolute atomic E-state index is 0.143. The Morgan fingerprint density at radius 1 is 1.18 bits per heavy atom. The van der Waals surface area contributed by atoms with Crippen molar-refractivity contribution < 1.29 is 18.5 Å². The number of anilines is 1. The molecule has 0 saturated carbocycles. The second-order valence-corrected chi connectivity index (χ2v) is 4.88. The molecule has 22 heavy (non-hydrogen) atoms. The summed E-state index contributed by atoms with van der Waals surface area (Å²) in [6.45, 7) is 0. The molecule has 0 radical (unpaired) electrons. The molecule has 2 rings (SSSR count). The predicted octanol–water partition coefficient (Wildman–Crippen LogP) is 4.43. The van der Waals surface area contributed by atoms with Crippen molar-refractivity contribution in [3.05, 3.63) is 67.7 Å². The van der Waals surface area contributed by atoms with Gasteiger partial charge in [-0.25, -0.2) is 8.78 Å². The SMILES string of the molecule is O=C(Nc1ccc(F)cc1F)c1c(Cl)ccc([N+](=O)[O-])c1Cl. The molecule has 2 aromatic carbocycles. The minimum atomic E-state index is -1.01. The highest BCUT2D eigenvalue weighted by Crippen LogP contribution is 2.33. The third kappa shape index (κ3) is 3.15. The molecule has 2 aromatic rings. The molecule has 0 aromatic heterocycles. The first-order chi connectivity index (χ1) is 10.3. The van der Waals surface area contributed by atoms with E-state index in [4.69, 9.17) is 23.2 Å². The van der Waals surface area contributed by atoms with Gasteiger partial charge in [0, 0.05) is 12.1 Å². The van der Waals surface area contributed by atoms with Crippen LogP contribution in [0, 0.1) is 21.7 Å². The van der Waals surface area contributed by atoms with E-state index in [1.54, 1.807) is 0 Å². The van der Waals surface area contributed by atoms with Crippen molar-refractivity contribution in [2.75, 3.05) is 5.32 Å². The second-order valence-electron chi connectivity index (χ2n) is 4.09. The lowest BCUT2D eigenvalue weighted by molar-refractivity contribution is -0.384. The van der Waals surface area contributed by atoms with Crippen LogP contribution < -0.4 is 5.32 Å². The van der Waals surface area contributed by atoms with Crippen LogP contribution in [0.2, 0.25) is 10.0 Å². The number of amides is 1. The van der Waals surface area contributed by atoms with Crippen molar-refractivity contribution in [1.29, 1.82) is 0 Å². The molecular formula is C13H6Cl2F2N2O3. The molecule has 0 saturated heterocycles. The summed E-state index contributed by atoms with van der Waals surface area (Å²) >= 11 is 11.6. The van der Waals surface area contributed by atoms with E-state index in [2.05, 4.69) is 5.32 Å². The highest BCUT2D eigenvalue weighted by Gasteiger charge is 2.24. The maximum absolute atomic E-state index is 13.5. The van der Waals surface area contributed by atoms with E-state index < -0.39 is 33.2 Å². The van der Waals surface area contributed by atoms with Gasteiger partial charge in [0.05, 0.1) is 21.2 Å². The van der Waals surface area contributed by atoms with E-state index in [0.29, 0.717) is 6.07 Å². The minimum Gasteiger partial charge on any atom is -0.319 e. The molecule has 9 heteroatoms. The molecule has 0 aliphatic carbocycles. The molecule has 0 bridgehead atoms. The maximum Gasteiger partial charge on any atom is 0.288 e. The van der Waals surface area contributed by atoms with Gasteiger partial charge in [-0.05, 0) is 18.2 Å². The monoisotopic (exact) mass is 346 g/mol. The molecule has 0 heterocycles. The summed E-state index contributed by atoms with van der Waals surface area (Å²) in [6, 6.07) is 4.69. The normalized spacial score (nSPS) is 10.4. The van der Waals surface area contributed by atoms with Crippen LogP contribution >= 0.6 is 23.2 Å². The third-order valence-electron chi connectivity index (χ3n) is 2.67. The summed E-state index contributed by atoms with van der Waals surface area (Å²) < 4.78 is 26.3. The average molecular weight is 347 g/mol. The van der Waals surface area contributed by atoms with Gasteiger partial charge in [0.1, 0.15) is 16.7 Å². The lowest BCUT2D eigenvalue weighted by atomic mass is 10.1. The number of nitrogens with one attached hydrogen (secondary N) is 1. The summed E-state index contributed by atoms with van der Waals surface area (Å²) in [6.07, 6.45) is 0. The Bertz CT molecular complexity index is 784. The standard InChI is InChI=1S/C13H6Cl2F2N2O3/c14-7-2-4-10(19(21)22)12(15)11(7)13(20)18-9-3-1-6(16)5-8(9)17/h1-5H,(H,18,20). The lowest BCUT2D eigenvalue weighted by Gasteiger charge is -2.09. The first-order valence-corrected chi connectivity index (χ1v) is 6.45. The van der Waals surface area contributed by atoms with Gasteiger partial charge in [-0.3, -0.25) is 14.9 Å². The number of rotatable bonds is 3. The number of carbonyl (C=O) groups is 1. The highest BCUT2D eigenvalue weighted by molar-refractivity contribution is 6.41. The number of hydrogen-bond acceptors (Lipinski definition) is 3. The van der Waals surface area contributed by atoms with Crippen LogP contribution in [0.25, 0.3) is 0 Å². The van der Waals surface area contributed by atoms with Gasteiger partial charge < -0.3 is 5.32 Å². The quantitative estimate of drug-likeness (QED) is 0.659. The van der Waals surface area contributed by atoms with E-state index in [9.17, 15) is 23.7 Å². The number of nitro benzene ring substituents is 1. The number of halogens is 4. The number of nitrogens with zero attached hydrogens (tertiary/aromatic N) is 1. The smallest absolute Gasteiger partial charge is 0.288 e. The molecule has 5 nitrogen and oxygen atoms in total. The van der Waals surface area contributed by atoms with Crippen LogP contribution in [0.5, 0.6) is 0 Å². The Balaban J connectivity index is 2.41. The second kappa shape index (κ2) is 6.25. The Hall–Kier alpha value is -2.25. The maximum atomic E-state index is 13.5. The molecule has 0 atom stereocenters. The molecular weight excluding hydrogens is 341 g/mol. The molecule has 0 aliphatic heterocycles. The third-order valence-corrected chi connectivity index (χ3v) is 3.37. The van der Waals surface area contributed by atoms with Crippen molar-refractivity contribution in [3.8, 4) is 0 Å². The van der Waals surface area contributed by atoms with Crippen molar-refractivity contribution in [3.63, 3.8) is 0 Å². The van der Waals surface area contributed by atoms with Gasteiger partial charge in [0.2, 0.25) is 0 Å². The summed E-state index contributed by atoms with van der Waals surface area (Å²) in [4.78, 5) is 22.1. The topological polar surface area (TPSA) is 72.2 Å². The van der Waals surface area contributed by atoms with Crippen molar-refractivity contribution in [2.24, 2.45) is 0 Å². The fraction of sp³-hybridized carbons (Fsp3) is 0. The number of benzene rings is 2. The molecule has 1 N–H and O–H groups in total. The van der Waals surface area contributed by atoms with E-state index in [1.165, 1.54) is 0 Å². The van der Waals surface area contributed by atoms with Gasteiger partial charge in [0.25, 0.3) is 11.6 Å². The number of nitro groups is 1. The number of hydrogen-bond donors (Lipinski definition) is 1. The summed E-state index contributed by atoms with van der Waals surface area (Å²) in [7, 11) is 0. The summed E-state index contributed by atoms with van der Waals surface area (Å²) in [5, 5.41) is 12.3. The van der Waals surface area contributed by atoms with Crippen LogP contribution in [-0.4, -0.2) is 10.8 Å². The van der Waals surface area contributed by atoms with Crippen LogP contribution in [0.4, 0.5) is 20.2 Å². The zero-order valence-electron chi connectivity index (χ0n) is 10.6. The first kappa shape index (κ1) is 16.1. The molecule has 0 spiro atoms. The first-order valence-electron chi connectivity index (χ1n) is 5.70. The van der Waals surface area contributed by atoms with Gasteiger partial charge in [-0.1, -0.05) is 23.2 Å². The van der Waals surface area contributed by atoms with Gasteiger partial charge in [-0.15, -0.1) is 0 Å². The van der Waals surface area contributed by atoms with Gasteiger partial charge in [-0.2, -0.15) is 0 Å². The Kier molecular flexibility index (Phi) is 4.58. The Labute approximate surface area is 132 Å². The molecule has 0 unspecified atom stereocenters. The van der Waals surface area contributed by atoms with Crippen LogP contribution in [-0.2, 0) is 0 Å². The molecule has 0 aliphatic rings. The van der Waals surface area contributed by atoms with Crippen molar-refractivity contribution in [2.45, 2.75) is 0 Å². The highest BCUT2D eigenvalue weighted by atomic mass is 35.5. The van der Waals surface area contributed by atoms with Crippen molar-refractivity contribution in [1.82, 2.24) is 0 Å². The Morgan fingerprint density at radius 2 is 1.86 bits per heavy atom. The van der Waals surface area contributed by atoms with Gasteiger partial charge in [0.15, 0.2) is 0 Å². The van der Waals surface area contributed by atoms with E-state index in [0.717, 1.165) is 24.3 Å². The van der Waals surface area contributed by atoms with E-state index in [-0.39, 0.29) is 16.3 Å². The zero-order valence-corrected chi connectivity index (χ0v) is 12.1. The molecule has 0 fully saturated rings. The molecule has 114 valence electrons. The van der Waals surface area contributed by atoms with Crippen molar-refractivity contribution >= 4 is 40.5 Å². The predicted molar refractivity (Wildman–Crippen MR) is 77.4 cm³/mol. The van der Waals surface area contributed by atoms with E-state index >= 15 is 0 Å².